The number of nitrogens with zero attached hydrogens (tertiary/aromatic N) is 2. The molecule has 4 heteroatoms. The van der Waals surface area contributed by atoms with Gasteiger partial charge in [-0.2, -0.15) is 5.26 Å². The van der Waals surface area contributed by atoms with Gasteiger partial charge < -0.3 is 5.73 Å². The van der Waals surface area contributed by atoms with Crippen molar-refractivity contribution in [2.45, 2.75) is 12.5 Å². The summed E-state index contributed by atoms with van der Waals surface area (Å²) in [6.45, 7) is 0. The molecule has 0 spiro atoms. The van der Waals surface area contributed by atoms with E-state index in [0.29, 0.717) is 5.02 Å². The number of aromatic nitrogens is 1. The number of nitriles is 1. The van der Waals surface area contributed by atoms with E-state index in [2.05, 4.69) is 4.98 Å². The maximum Gasteiger partial charge on any atom is 0.0641 e. The molecule has 0 saturated carbocycles. The third-order valence-electron chi connectivity index (χ3n) is 1.51. The van der Waals surface area contributed by atoms with Crippen LogP contribution < -0.4 is 5.73 Å². The maximum absolute atomic E-state index is 8.40. The standard InChI is InChI=1S/C8H8ClN3/c9-7-5-12-4-2-6(7)8(11)1-3-10/h2,4-5,8H,1,11H2/t8-/m1/s1. The average molecular weight is 182 g/mol. The molecule has 0 saturated heterocycles. The van der Waals surface area contributed by atoms with E-state index in [1.54, 1.807) is 12.3 Å². The monoisotopic (exact) mass is 181 g/mol. The van der Waals surface area contributed by atoms with Gasteiger partial charge in [-0.25, -0.2) is 0 Å². The van der Waals surface area contributed by atoms with Gasteiger partial charge in [0.1, 0.15) is 0 Å². The Bertz CT molecular complexity index is 305. The summed E-state index contributed by atoms with van der Waals surface area (Å²) in [5.74, 6) is 0. The van der Waals surface area contributed by atoms with Gasteiger partial charge in [0.05, 0.1) is 17.5 Å². The van der Waals surface area contributed by atoms with E-state index in [1.165, 1.54) is 6.20 Å². The van der Waals surface area contributed by atoms with E-state index in [-0.39, 0.29) is 12.5 Å². The molecule has 1 rings (SSSR count). The van der Waals surface area contributed by atoms with E-state index in [0.717, 1.165) is 5.56 Å². The smallest absolute Gasteiger partial charge is 0.0641 e. The molecule has 12 heavy (non-hydrogen) atoms. The normalized spacial score (nSPS) is 12.1. The molecule has 62 valence electrons. The molecule has 1 atom stereocenters. The first-order valence-electron chi connectivity index (χ1n) is 3.47. The highest BCUT2D eigenvalue weighted by atomic mass is 35.5. The fraction of sp³-hybridized carbons (Fsp3) is 0.250. The van der Waals surface area contributed by atoms with Gasteiger partial charge in [-0.3, -0.25) is 4.98 Å². The third-order valence-corrected chi connectivity index (χ3v) is 1.83. The number of hydrogen-bond acceptors (Lipinski definition) is 3. The minimum absolute atomic E-state index is 0.268. The fourth-order valence-corrected chi connectivity index (χ4v) is 1.15. The second kappa shape index (κ2) is 4.05. The van der Waals surface area contributed by atoms with Gasteiger partial charge in [0.15, 0.2) is 0 Å². The number of rotatable bonds is 2. The van der Waals surface area contributed by atoms with Crippen LogP contribution in [0.2, 0.25) is 5.02 Å². The quantitative estimate of drug-likeness (QED) is 0.755. The van der Waals surface area contributed by atoms with Crippen LogP contribution in [0.3, 0.4) is 0 Å². The third kappa shape index (κ3) is 1.94. The summed E-state index contributed by atoms with van der Waals surface area (Å²) in [7, 11) is 0. The van der Waals surface area contributed by atoms with Crippen molar-refractivity contribution in [3.63, 3.8) is 0 Å². The van der Waals surface area contributed by atoms with Crippen molar-refractivity contribution in [1.82, 2.24) is 4.98 Å². The van der Waals surface area contributed by atoms with Crippen molar-refractivity contribution in [2.24, 2.45) is 5.73 Å². The second-order valence-corrected chi connectivity index (χ2v) is 2.77. The first kappa shape index (κ1) is 8.98. The molecule has 0 unspecified atom stereocenters. The molecule has 0 radical (unpaired) electrons. The van der Waals surface area contributed by atoms with Crippen LogP contribution in [-0.2, 0) is 0 Å². The van der Waals surface area contributed by atoms with Crippen molar-refractivity contribution in [1.29, 1.82) is 5.26 Å². The fourth-order valence-electron chi connectivity index (χ4n) is 0.895. The van der Waals surface area contributed by atoms with Gasteiger partial charge in [0.25, 0.3) is 0 Å². The highest BCUT2D eigenvalue weighted by Gasteiger charge is 2.08. The molecule has 0 fully saturated rings. The van der Waals surface area contributed by atoms with E-state index in [4.69, 9.17) is 22.6 Å². The van der Waals surface area contributed by atoms with E-state index in [1.807, 2.05) is 6.07 Å². The molecule has 2 N–H and O–H groups in total. The molecule has 1 aromatic heterocycles. The minimum atomic E-state index is -0.314. The van der Waals surface area contributed by atoms with E-state index < -0.39 is 0 Å². The summed E-state index contributed by atoms with van der Waals surface area (Å²) < 4.78 is 0. The number of pyridine rings is 1. The topological polar surface area (TPSA) is 62.7 Å². The Kier molecular flexibility index (Phi) is 3.03. The highest BCUT2D eigenvalue weighted by Crippen LogP contribution is 2.21. The van der Waals surface area contributed by atoms with Gasteiger partial charge in [-0.15, -0.1) is 0 Å². The summed E-state index contributed by atoms with van der Waals surface area (Å²) in [6, 6.07) is 3.40. The molecule has 0 amide bonds. The first-order chi connectivity index (χ1) is 5.75. The zero-order valence-electron chi connectivity index (χ0n) is 6.37. The Morgan fingerprint density at radius 1 is 1.75 bits per heavy atom. The van der Waals surface area contributed by atoms with Crippen molar-refractivity contribution in [2.75, 3.05) is 0 Å². The van der Waals surface area contributed by atoms with Crippen LogP contribution in [0.5, 0.6) is 0 Å². The molecule has 3 nitrogen and oxygen atoms in total. The van der Waals surface area contributed by atoms with Crippen molar-refractivity contribution in [3.8, 4) is 6.07 Å². The van der Waals surface area contributed by atoms with Crippen LogP contribution in [0.4, 0.5) is 0 Å². The second-order valence-electron chi connectivity index (χ2n) is 2.37. The number of hydrogen-bond donors (Lipinski definition) is 1. The Morgan fingerprint density at radius 3 is 3.08 bits per heavy atom. The summed E-state index contributed by atoms with van der Waals surface area (Å²) in [6.07, 6.45) is 3.40. The molecule has 0 aliphatic rings. The van der Waals surface area contributed by atoms with Crippen LogP contribution in [0.1, 0.15) is 18.0 Å². The molecule has 0 aliphatic carbocycles. The number of nitrogens with two attached hydrogens (primary N) is 1. The first-order valence-corrected chi connectivity index (χ1v) is 3.85. The molecular weight excluding hydrogens is 174 g/mol. The maximum atomic E-state index is 8.40. The molecule has 0 aliphatic heterocycles. The van der Waals surface area contributed by atoms with Crippen LogP contribution >= 0.6 is 11.6 Å². The van der Waals surface area contributed by atoms with Gasteiger partial charge in [0.2, 0.25) is 0 Å². The molecule has 0 aromatic carbocycles. The summed E-state index contributed by atoms with van der Waals surface area (Å²) in [5.41, 5.74) is 6.44. The molecule has 1 aromatic rings. The van der Waals surface area contributed by atoms with Gasteiger partial charge in [-0.1, -0.05) is 11.6 Å². The average Bonchev–Trinajstić information content (AvgIpc) is 2.05. The zero-order chi connectivity index (χ0) is 8.97. The van der Waals surface area contributed by atoms with Gasteiger partial charge in [0, 0.05) is 18.4 Å². The predicted octanol–water partition coefficient (Wildman–Crippen LogP) is 1.65. The zero-order valence-corrected chi connectivity index (χ0v) is 7.12. The van der Waals surface area contributed by atoms with E-state index in [9.17, 15) is 0 Å². The minimum Gasteiger partial charge on any atom is -0.323 e. The van der Waals surface area contributed by atoms with Gasteiger partial charge in [-0.05, 0) is 11.6 Å². The van der Waals surface area contributed by atoms with Crippen LogP contribution in [0.25, 0.3) is 0 Å². The van der Waals surface area contributed by atoms with Crippen LogP contribution in [-0.4, -0.2) is 4.98 Å². The predicted molar refractivity (Wildman–Crippen MR) is 46.4 cm³/mol. The Labute approximate surface area is 75.8 Å². The van der Waals surface area contributed by atoms with Crippen molar-refractivity contribution in [3.05, 3.63) is 29.0 Å². The lowest BCUT2D eigenvalue weighted by atomic mass is 10.1. The van der Waals surface area contributed by atoms with Crippen molar-refractivity contribution >= 4 is 11.6 Å². The molecular formula is C8H8ClN3. The SMILES string of the molecule is N#CC[C@@H](N)c1ccncc1Cl. The van der Waals surface area contributed by atoms with Crippen molar-refractivity contribution < 1.29 is 0 Å². The summed E-state index contributed by atoms with van der Waals surface area (Å²) >= 11 is 5.80. The lowest BCUT2D eigenvalue weighted by molar-refractivity contribution is 0.747. The molecule has 1 heterocycles. The Balaban J connectivity index is 2.88. The van der Waals surface area contributed by atoms with Gasteiger partial charge >= 0.3 is 0 Å². The number of halogens is 1. The summed E-state index contributed by atoms with van der Waals surface area (Å²) in [4.78, 5) is 3.82. The lowest BCUT2D eigenvalue weighted by Crippen LogP contribution is -2.09. The molecule has 0 bridgehead atoms. The van der Waals surface area contributed by atoms with Crippen LogP contribution in [0, 0.1) is 11.3 Å². The Hall–Kier alpha value is -1.11. The van der Waals surface area contributed by atoms with Crippen LogP contribution in [0.15, 0.2) is 18.5 Å². The van der Waals surface area contributed by atoms with E-state index >= 15 is 0 Å². The lowest BCUT2D eigenvalue weighted by Gasteiger charge is -2.08. The summed E-state index contributed by atoms with van der Waals surface area (Å²) in [5, 5.41) is 8.91. The highest BCUT2D eigenvalue weighted by molar-refractivity contribution is 6.31. The Morgan fingerprint density at radius 2 is 2.50 bits per heavy atom. The largest absolute Gasteiger partial charge is 0.323 e.